The normalized spacial score (nSPS) is 22.6. The van der Waals surface area contributed by atoms with Crippen molar-refractivity contribution in [2.45, 2.75) is 28.2 Å². The molecule has 1 N–H and O–H groups in total. The molecule has 0 aromatic heterocycles. The molecule has 0 bridgehead atoms. The molecule has 0 spiro atoms. The van der Waals surface area contributed by atoms with Gasteiger partial charge in [-0.3, -0.25) is 0 Å². The molecule has 126 valence electrons. The van der Waals surface area contributed by atoms with Crippen LogP contribution in [0.25, 0.3) is 0 Å². The van der Waals surface area contributed by atoms with Gasteiger partial charge in [-0.05, 0) is 48.9 Å². The van der Waals surface area contributed by atoms with Crippen molar-refractivity contribution in [2.75, 3.05) is 13.2 Å². The molecule has 2 heterocycles. The van der Waals surface area contributed by atoms with Crippen molar-refractivity contribution >= 4 is 33.0 Å². The summed E-state index contributed by atoms with van der Waals surface area (Å²) in [4.78, 5) is 0.264. The van der Waals surface area contributed by atoms with E-state index in [0.717, 1.165) is 18.5 Å². The molecular weight excluding hydrogens is 369 g/mol. The second-order valence-corrected chi connectivity index (χ2v) is 8.90. The van der Waals surface area contributed by atoms with Crippen molar-refractivity contribution in [3.8, 4) is 5.75 Å². The van der Waals surface area contributed by atoms with Crippen molar-refractivity contribution in [1.82, 2.24) is 5.32 Å². The molecule has 2 aliphatic heterocycles. The van der Waals surface area contributed by atoms with Gasteiger partial charge in [0.1, 0.15) is 12.4 Å². The molecule has 7 heteroatoms. The summed E-state index contributed by atoms with van der Waals surface area (Å²) in [5, 5.41) is 3.98. The minimum Gasteiger partial charge on any atom is -0.492 e. The Morgan fingerprint density at radius 1 is 1.04 bits per heavy atom. The summed E-state index contributed by atoms with van der Waals surface area (Å²) in [6.45, 7) is 1.52. The van der Waals surface area contributed by atoms with Crippen LogP contribution in [0.5, 0.6) is 5.75 Å². The van der Waals surface area contributed by atoms with E-state index in [0.29, 0.717) is 24.3 Å². The highest BCUT2D eigenvalue weighted by Gasteiger charge is 2.35. The van der Waals surface area contributed by atoms with E-state index in [1.807, 2.05) is 6.07 Å². The van der Waals surface area contributed by atoms with E-state index in [9.17, 15) is 8.42 Å². The minimum absolute atomic E-state index is 0.0798. The standard InChI is InChI=1S/C17H15Cl2NO3S/c18-10-5-11(19)7-13(6-10)24(21,22)12-1-2-15-14-3-4-20-16(14)9-23-17(15)8-12/h1-2,5-8,14,16,20H,3-4,9H2. The van der Waals surface area contributed by atoms with Gasteiger partial charge < -0.3 is 10.1 Å². The molecule has 0 amide bonds. The summed E-state index contributed by atoms with van der Waals surface area (Å²) in [7, 11) is -3.70. The molecule has 0 aliphatic carbocycles. The van der Waals surface area contributed by atoms with Crippen LogP contribution in [-0.4, -0.2) is 27.6 Å². The minimum atomic E-state index is -3.70. The van der Waals surface area contributed by atoms with Crippen LogP contribution in [0.4, 0.5) is 0 Å². The third-order valence-corrected chi connectivity index (χ3v) is 6.77. The van der Waals surface area contributed by atoms with Gasteiger partial charge in [-0.25, -0.2) is 8.42 Å². The first-order chi connectivity index (χ1) is 11.4. The van der Waals surface area contributed by atoms with E-state index in [2.05, 4.69) is 5.32 Å². The molecule has 0 saturated carbocycles. The van der Waals surface area contributed by atoms with Crippen molar-refractivity contribution in [3.63, 3.8) is 0 Å². The predicted molar refractivity (Wildman–Crippen MR) is 93.0 cm³/mol. The Kier molecular flexibility index (Phi) is 4.00. The Hall–Kier alpha value is -1.27. The Balaban J connectivity index is 1.77. The SMILES string of the molecule is O=S(=O)(c1cc(Cl)cc(Cl)c1)c1ccc2c(c1)OCC1NCCC21. The molecule has 0 radical (unpaired) electrons. The van der Waals surface area contributed by atoms with Gasteiger partial charge in [-0.15, -0.1) is 0 Å². The van der Waals surface area contributed by atoms with E-state index < -0.39 is 9.84 Å². The van der Waals surface area contributed by atoms with Crippen LogP contribution in [0.15, 0.2) is 46.2 Å². The number of hydrogen-bond donors (Lipinski definition) is 1. The fraction of sp³-hybridized carbons (Fsp3) is 0.294. The molecule has 24 heavy (non-hydrogen) atoms. The van der Waals surface area contributed by atoms with Crippen molar-refractivity contribution in [2.24, 2.45) is 0 Å². The average Bonchev–Trinajstić information content (AvgIpc) is 3.02. The van der Waals surface area contributed by atoms with Gasteiger partial charge in [0.2, 0.25) is 9.84 Å². The summed E-state index contributed by atoms with van der Waals surface area (Å²) in [5.41, 5.74) is 1.07. The zero-order chi connectivity index (χ0) is 16.9. The van der Waals surface area contributed by atoms with Gasteiger partial charge in [0.15, 0.2) is 0 Å². The van der Waals surface area contributed by atoms with Crippen LogP contribution in [0, 0.1) is 0 Å². The topological polar surface area (TPSA) is 55.4 Å². The molecule has 1 fully saturated rings. The molecule has 2 unspecified atom stereocenters. The molecule has 2 aromatic rings. The van der Waals surface area contributed by atoms with Crippen LogP contribution in [0.3, 0.4) is 0 Å². The van der Waals surface area contributed by atoms with E-state index in [1.165, 1.54) is 18.2 Å². The van der Waals surface area contributed by atoms with Crippen molar-refractivity contribution < 1.29 is 13.2 Å². The number of benzene rings is 2. The fourth-order valence-corrected chi connectivity index (χ4v) is 5.43. The summed E-state index contributed by atoms with van der Waals surface area (Å²) in [6, 6.07) is 9.72. The Labute approximate surface area is 150 Å². The van der Waals surface area contributed by atoms with Gasteiger partial charge in [-0.1, -0.05) is 29.3 Å². The highest BCUT2D eigenvalue weighted by atomic mass is 35.5. The van der Waals surface area contributed by atoms with E-state index in [-0.39, 0.29) is 19.8 Å². The quantitative estimate of drug-likeness (QED) is 0.859. The Morgan fingerprint density at radius 3 is 2.54 bits per heavy atom. The van der Waals surface area contributed by atoms with Crippen LogP contribution in [-0.2, 0) is 9.84 Å². The Morgan fingerprint density at radius 2 is 1.79 bits per heavy atom. The second-order valence-electron chi connectivity index (χ2n) is 6.08. The van der Waals surface area contributed by atoms with Gasteiger partial charge in [0.05, 0.1) is 9.79 Å². The maximum atomic E-state index is 12.9. The molecule has 4 nitrogen and oxygen atoms in total. The smallest absolute Gasteiger partial charge is 0.206 e. The van der Waals surface area contributed by atoms with E-state index in [1.54, 1.807) is 12.1 Å². The predicted octanol–water partition coefficient (Wildman–Crippen LogP) is 3.66. The molecule has 2 aromatic carbocycles. The van der Waals surface area contributed by atoms with Gasteiger partial charge in [0, 0.05) is 22.0 Å². The second kappa shape index (κ2) is 5.92. The number of nitrogens with one attached hydrogen (secondary N) is 1. The van der Waals surface area contributed by atoms with Gasteiger partial charge in [0.25, 0.3) is 0 Å². The largest absolute Gasteiger partial charge is 0.492 e. The third kappa shape index (κ3) is 2.69. The van der Waals surface area contributed by atoms with E-state index >= 15 is 0 Å². The lowest BCUT2D eigenvalue weighted by atomic mass is 9.90. The molecule has 1 saturated heterocycles. The van der Waals surface area contributed by atoms with Crippen molar-refractivity contribution in [1.29, 1.82) is 0 Å². The highest BCUT2D eigenvalue weighted by Crippen LogP contribution is 2.40. The fourth-order valence-electron chi connectivity index (χ4n) is 3.43. The first kappa shape index (κ1) is 16.2. The Bertz CT molecular complexity index is 894. The lowest BCUT2D eigenvalue weighted by Crippen LogP contribution is -2.35. The van der Waals surface area contributed by atoms with Gasteiger partial charge >= 0.3 is 0 Å². The molecular formula is C17H15Cl2NO3S. The number of hydrogen-bond acceptors (Lipinski definition) is 4. The maximum Gasteiger partial charge on any atom is 0.206 e. The van der Waals surface area contributed by atoms with Crippen molar-refractivity contribution in [3.05, 3.63) is 52.0 Å². The molecule has 2 atom stereocenters. The molecule has 4 rings (SSSR count). The number of ether oxygens (including phenoxy) is 1. The lowest BCUT2D eigenvalue weighted by molar-refractivity contribution is 0.238. The average molecular weight is 384 g/mol. The summed E-state index contributed by atoms with van der Waals surface area (Å²) in [6.07, 6.45) is 1.04. The number of halogens is 2. The number of sulfone groups is 1. The monoisotopic (exact) mass is 383 g/mol. The molecule has 2 aliphatic rings. The van der Waals surface area contributed by atoms with Crippen LogP contribution in [0.2, 0.25) is 10.0 Å². The summed E-state index contributed by atoms with van der Waals surface area (Å²) < 4.78 is 31.5. The first-order valence-corrected chi connectivity index (χ1v) is 9.90. The van der Waals surface area contributed by atoms with Crippen LogP contribution < -0.4 is 10.1 Å². The lowest BCUT2D eigenvalue weighted by Gasteiger charge is -2.28. The third-order valence-electron chi connectivity index (χ3n) is 4.61. The zero-order valence-corrected chi connectivity index (χ0v) is 15.0. The van der Waals surface area contributed by atoms with Gasteiger partial charge in [-0.2, -0.15) is 0 Å². The summed E-state index contributed by atoms with van der Waals surface area (Å²) >= 11 is 11.9. The first-order valence-electron chi connectivity index (χ1n) is 7.66. The zero-order valence-electron chi connectivity index (χ0n) is 12.6. The highest BCUT2D eigenvalue weighted by molar-refractivity contribution is 7.91. The maximum absolute atomic E-state index is 12.9. The number of rotatable bonds is 2. The number of fused-ring (bicyclic) bond motifs is 3. The summed E-state index contributed by atoms with van der Waals surface area (Å²) in [5.74, 6) is 1.03. The van der Waals surface area contributed by atoms with Crippen LogP contribution in [0.1, 0.15) is 17.9 Å². The van der Waals surface area contributed by atoms with Crippen LogP contribution >= 0.6 is 23.2 Å². The van der Waals surface area contributed by atoms with E-state index in [4.69, 9.17) is 27.9 Å².